The van der Waals surface area contributed by atoms with Crippen molar-refractivity contribution >= 4 is 28.7 Å². The fourth-order valence-electron chi connectivity index (χ4n) is 6.28. The maximum atomic E-state index is 12.3. The average Bonchev–Trinajstić information content (AvgIpc) is 3.45. The number of hydrogen-bond acceptors (Lipinski definition) is 9. The number of fused-ring (bicyclic) bond motifs is 1. The number of methoxy groups -OCH3 is 1. The number of carbonyl (C=O) groups is 2. The molecular weight excluding hydrogens is 582 g/mol. The Morgan fingerprint density at radius 2 is 1.80 bits per heavy atom. The smallest absolute Gasteiger partial charge is 0.247 e. The molecule has 5 rings (SSSR count). The first-order chi connectivity index (χ1) is 22.2. The zero-order valence-electron chi connectivity index (χ0n) is 27.5. The van der Waals surface area contributed by atoms with Crippen LogP contribution in [0.4, 0.5) is 5.95 Å². The Labute approximate surface area is 270 Å². The van der Waals surface area contributed by atoms with Crippen LogP contribution in [0.2, 0.25) is 0 Å². The third-order valence-electron chi connectivity index (χ3n) is 8.95. The van der Waals surface area contributed by atoms with Crippen molar-refractivity contribution in [1.29, 1.82) is 0 Å². The molecule has 2 aliphatic rings. The van der Waals surface area contributed by atoms with E-state index in [9.17, 15) is 9.59 Å². The summed E-state index contributed by atoms with van der Waals surface area (Å²) in [5.74, 6) is 1.04. The minimum absolute atomic E-state index is 0.146. The maximum absolute atomic E-state index is 12.3. The van der Waals surface area contributed by atoms with E-state index in [0.717, 1.165) is 85.7 Å². The van der Waals surface area contributed by atoms with Gasteiger partial charge in [-0.05, 0) is 51.0 Å². The van der Waals surface area contributed by atoms with E-state index in [-0.39, 0.29) is 17.9 Å². The van der Waals surface area contributed by atoms with E-state index in [1.165, 1.54) is 6.08 Å². The van der Waals surface area contributed by atoms with Gasteiger partial charge in [-0.3, -0.25) is 19.2 Å². The lowest BCUT2D eigenvalue weighted by Gasteiger charge is -2.43. The number of carbonyl (C=O) groups excluding carboxylic acids is 2. The highest BCUT2D eigenvalue weighted by molar-refractivity contribution is 5.88. The van der Waals surface area contributed by atoms with Crippen molar-refractivity contribution < 1.29 is 14.3 Å². The molecule has 0 aliphatic carbocycles. The van der Waals surface area contributed by atoms with Gasteiger partial charge in [0.2, 0.25) is 17.8 Å². The Hall–Kier alpha value is -4.71. The van der Waals surface area contributed by atoms with Crippen molar-refractivity contribution in [3.8, 4) is 11.3 Å². The lowest BCUT2D eigenvalue weighted by atomic mass is 10.0. The van der Waals surface area contributed by atoms with Crippen LogP contribution in [-0.2, 0) is 21.4 Å². The first-order valence-corrected chi connectivity index (χ1v) is 15.8. The number of rotatable bonds is 10. The minimum atomic E-state index is -0.269. The number of piperidine rings is 1. The lowest BCUT2D eigenvalue weighted by Crippen LogP contribution is -2.54. The molecule has 0 radical (unpaired) electrons. The summed E-state index contributed by atoms with van der Waals surface area (Å²) in [4.78, 5) is 40.1. The second-order valence-electron chi connectivity index (χ2n) is 11.9. The standard InChI is InChI=1S/C34H45N9O3/c1-7-33(45)37-23(2)31(43-14-11-28(12-15-43)42-18-16-41(17-19-42)25(4)44)21-32(46-6)24(3)38-34-35-13-10-29(39-34)26-8-9-30-27(20-26)22-36-40(30)5/h7-10,13,20-22,24,28H,1,11-12,14-19H2,2-6H3,(H,37,45)(H,35,38,39)/b31-23-,32-21+. The van der Waals surface area contributed by atoms with Gasteiger partial charge in [-0.15, -0.1) is 0 Å². The number of allylic oxidation sites excluding steroid dienone is 2. The van der Waals surface area contributed by atoms with Gasteiger partial charge in [-0.2, -0.15) is 5.10 Å². The Morgan fingerprint density at radius 3 is 2.48 bits per heavy atom. The molecule has 0 bridgehead atoms. The summed E-state index contributed by atoms with van der Waals surface area (Å²) in [5.41, 5.74) is 4.45. The molecule has 0 spiro atoms. The Bertz CT molecular complexity index is 1630. The number of piperazine rings is 1. The summed E-state index contributed by atoms with van der Waals surface area (Å²) < 4.78 is 7.75. The average molecular weight is 628 g/mol. The second-order valence-corrected chi connectivity index (χ2v) is 11.9. The molecule has 1 unspecified atom stereocenters. The van der Waals surface area contributed by atoms with Gasteiger partial charge in [0.05, 0.1) is 36.3 Å². The molecule has 1 atom stereocenters. The molecule has 46 heavy (non-hydrogen) atoms. The molecule has 2 N–H and O–H groups in total. The van der Waals surface area contributed by atoms with Crippen LogP contribution < -0.4 is 10.6 Å². The molecule has 2 aliphatic heterocycles. The number of hydrogen-bond donors (Lipinski definition) is 2. The Balaban J connectivity index is 1.31. The molecule has 2 fully saturated rings. The van der Waals surface area contributed by atoms with Gasteiger partial charge in [0, 0.05) is 88.2 Å². The topological polar surface area (TPSA) is 121 Å². The SMILES string of the molecule is C=CC(=O)N/C(C)=C(/C=C(/OC)C(C)Nc1nccc(-c2ccc3c(cnn3C)c2)n1)N1CCC(N2CCN(C(C)=O)CC2)CC1. The van der Waals surface area contributed by atoms with Crippen LogP contribution in [0.25, 0.3) is 22.2 Å². The normalized spacial score (nSPS) is 17.8. The molecular formula is C34H45N9O3. The van der Waals surface area contributed by atoms with E-state index in [0.29, 0.717) is 17.7 Å². The molecule has 2 aromatic heterocycles. The number of anilines is 1. The van der Waals surface area contributed by atoms with Gasteiger partial charge in [-0.1, -0.05) is 12.6 Å². The zero-order valence-corrected chi connectivity index (χ0v) is 27.5. The fraction of sp³-hybridized carbons (Fsp3) is 0.441. The predicted octanol–water partition coefficient (Wildman–Crippen LogP) is 3.52. The number of nitrogens with one attached hydrogen (secondary N) is 2. The predicted molar refractivity (Wildman–Crippen MR) is 179 cm³/mol. The highest BCUT2D eigenvalue weighted by Gasteiger charge is 2.29. The van der Waals surface area contributed by atoms with Gasteiger partial charge >= 0.3 is 0 Å². The number of amides is 2. The number of nitrogens with zero attached hydrogens (tertiary/aromatic N) is 7. The summed E-state index contributed by atoms with van der Waals surface area (Å²) in [6, 6.07) is 8.23. The fourth-order valence-corrected chi connectivity index (χ4v) is 6.28. The quantitative estimate of drug-likeness (QED) is 0.198. The maximum Gasteiger partial charge on any atom is 0.247 e. The van der Waals surface area contributed by atoms with Gasteiger partial charge in [0.15, 0.2) is 0 Å². The van der Waals surface area contributed by atoms with E-state index < -0.39 is 0 Å². The molecule has 2 amide bonds. The minimum Gasteiger partial charge on any atom is -0.499 e. The van der Waals surface area contributed by atoms with Crippen molar-refractivity contribution in [2.45, 2.75) is 45.7 Å². The zero-order chi connectivity index (χ0) is 32.8. The third kappa shape index (κ3) is 7.56. The van der Waals surface area contributed by atoms with Gasteiger partial charge in [0.1, 0.15) is 5.76 Å². The number of aryl methyl sites for hydroxylation is 1. The second kappa shape index (κ2) is 14.6. The van der Waals surface area contributed by atoms with Crippen LogP contribution in [0.1, 0.15) is 33.6 Å². The van der Waals surface area contributed by atoms with Crippen LogP contribution in [0, 0.1) is 0 Å². The van der Waals surface area contributed by atoms with E-state index in [1.807, 2.05) is 60.9 Å². The monoisotopic (exact) mass is 627 g/mol. The summed E-state index contributed by atoms with van der Waals surface area (Å²) in [7, 11) is 3.57. The van der Waals surface area contributed by atoms with Crippen LogP contribution in [0.15, 0.2) is 72.5 Å². The van der Waals surface area contributed by atoms with E-state index in [4.69, 9.17) is 9.72 Å². The first kappa shape index (κ1) is 32.7. The van der Waals surface area contributed by atoms with Gasteiger partial charge < -0.3 is 25.2 Å². The van der Waals surface area contributed by atoms with Crippen molar-refractivity contribution in [2.24, 2.45) is 7.05 Å². The van der Waals surface area contributed by atoms with Crippen LogP contribution in [-0.4, -0.2) is 105 Å². The number of ether oxygens (including phenoxy) is 1. The number of benzene rings is 1. The molecule has 4 heterocycles. The highest BCUT2D eigenvalue weighted by Crippen LogP contribution is 2.26. The van der Waals surface area contributed by atoms with Crippen molar-refractivity contribution in [2.75, 3.05) is 51.7 Å². The van der Waals surface area contributed by atoms with Gasteiger partial charge in [0.25, 0.3) is 0 Å². The molecule has 12 nitrogen and oxygen atoms in total. The lowest BCUT2D eigenvalue weighted by molar-refractivity contribution is -0.131. The van der Waals surface area contributed by atoms with Crippen molar-refractivity contribution in [1.82, 2.24) is 39.8 Å². The summed E-state index contributed by atoms with van der Waals surface area (Å²) in [5, 5.41) is 11.7. The third-order valence-corrected chi connectivity index (χ3v) is 8.95. The molecule has 0 saturated carbocycles. The molecule has 244 valence electrons. The molecule has 2 saturated heterocycles. The Kier molecular flexibility index (Phi) is 10.4. The first-order valence-electron chi connectivity index (χ1n) is 15.8. The van der Waals surface area contributed by atoms with Crippen molar-refractivity contribution in [3.63, 3.8) is 0 Å². The van der Waals surface area contributed by atoms with Crippen LogP contribution >= 0.6 is 0 Å². The summed E-state index contributed by atoms with van der Waals surface area (Å²) in [6.07, 6.45) is 8.83. The summed E-state index contributed by atoms with van der Waals surface area (Å²) in [6.45, 7) is 14.2. The number of likely N-dealkylation sites (tertiary alicyclic amines) is 1. The Morgan fingerprint density at radius 1 is 1.07 bits per heavy atom. The van der Waals surface area contributed by atoms with E-state index >= 15 is 0 Å². The molecule has 3 aromatic rings. The van der Waals surface area contributed by atoms with Crippen LogP contribution in [0.5, 0.6) is 0 Å². The number of aromatic nitrogens is 4. The molecule has 12 heteroatoms. The van der Waals surface area contributed by atoms with Gasteiger partial charge in [-0.25, -0.2) is 9.97 Å². The van der Waals surface area contributed by atoms with Crippen LogP contribution in [0.3, 0.4) is 0 Å². The van der Waals surface area contributed by atoms with E-state index in [1.54, 1.807) is 20.2 Å². The largest absolute Gasteiger partial charge is 0.499 e. The van der Waals surface area contributed by atoms with Crippen molar-refractivity contribution in [3.05, 3.63) is 72.5 Å². The highest BCUT2D eigenvalue weighted by atomic mass is 16.5. The van der Waals surface area contributed by atoms with E-state index in [2.05, 4.69) is 43.2 Å². The molecule has 1 aromatic carbocycles. The summed E-state index contributed by atoms with van der Waals surface area (Å²) >= 11 is 0.